The third-order valence-corrected chi connectivity index (χ3v) is 9.51. The standard InChI is InChI=1S/C41H79NO7/c1-6-8-10-12-14-16-18-19-20-21-22-24-25-27-29-31-39(43)48-36-37(35-47-34-33-38(41(45)46)42(3,4)5)49-40(44)32-30-28-26-23-17-15-13-11-9-7-2/h37-38H,6-36H2,1-5H3/p+1. The Morgan fingerprint density at radius 3 is 1.27 bits per heavy atom. The van der Waals surface area contributed by atoms with E-state index < -0.39 is 18.1 Å². The Balaban J connectivity index is 4.31. The Morgan fingerprint density at radius 1 is 0.531 bits per heavy atom. The summed E-state index contributed by atoms with van der Waals surface area (Å²) in [6.07, 6.45) is 31.4. The van der Waals surface area contributed by atoms with Crippen molar-refractivity contribution in [3.8, 4) is 0 Å². The smallest absolute Gasteiger partial charge is 0.362 e. The van der Waals surface area contributed by atoms with Gasteiger partial charge in [0.15, 0.2) is 12.1 Å². The van der Waals surface area contributed by atoms with Crippen LogP contribution in [0.5, 0.6) is 0 Å². The average Bonchev–Trinajstić information content (AvgIpc) is 3.05. The zero-order valence-electron chi connectivity index (χ0n) is 32.9. The molecule has 49 heavy (non-hydrogen) atoms. The highest BCUT2D eigenvalue weighted by Crippen LogP contribution is 2.15. The summed E-state index contributed by atoms with van der Waals surface area (Å²) < 4.78 is 17.2. The van der Waals surface area contributed by atoms with Crippen molar-refractivity contribution in [1.29, 1.82) is 0 Å². The Labute approximate surface area is 302 Å². The predicted molar refractivity (Wildman–Crippen MR) is 202 cm³/mol. The summed E-state index contributed by atoms with van der Waals surface area (Å²) in [5.74, 6) is -1.45. The van der Waals surface area contributed by atoms with E-state index in [0.717, 1.165) is 38.5 Å². The molecule has 0 fully saturated rings. The van der Waals surface area contributed by atoms with E-state index in [1.165, 1.54) is 122 Å². The van der Waals surface area contributed by atoms with Gasteiger partial charge in [-0.1, -0.05) is 162 Å². The molecule has 0 rings (SSSR count). The molecule has 0 saturated carbocycles. The van der Waals surface area contributed by atoms with E-state index >= 15 is 0 Å². The van der Waals surface area contributed by atoms with Crippen molar-refractivity contribution in [1.82, 2.24) is 0 Å². The number of hydrogen-bond acceptors (Lipinski definition) is 6. The minimum Gasteiger partial charge on any atom is -0.477 e. The number of carbonyl (C=O) groups is 3. The molecule has 0 aromatic carbocycles. The van der Waals surface area contributed by atoms with Crippen molar-refractivity contribution in [2.45, 2.75) is 206 Å². The van der Waals surface area contributed by atoms with E-state index in [1.54, 1.807) is 0 Å². The summed E-state index contributed by atoms with van der Waals surface area (Å²) >= 11 is 0. The SMILES string of the molecule is CCCCCCCCCCCCCCCCCC(=O)OCC(COCCC(C(=O)O)[N+](C)(C)C)OC(=O)CCCCCCCCCCCC. The van der Waals surface area contributed by atoms with Gasteiger partial charge in [0.1, 0.15) is 6.61 Å². The van der Waals surface area contributed by atoms with Crippen molar-refractivity contribution in [3.05, 3.63) is 0 Å². The summed E-state index contributed by atoms with van der Waals surface area (Å²) in [6.45, 7) is 4.74. The molecule has 0 heterocycles. The van der Waals surface area contributed by atoms with Crippen LogP contribution in [0.1, 0.15) is 194 Å². The van der Waals surface area contributed by atoms with Crippen LogP contribution < -0.4 is 0 Å². The first-order chi connectivity index (χ1) is 23.6. The molecule has 8 heteroatoms. The molecule has 2 unspecified atom stereocenters. The van der Waals surface area contributed by atoms with Gasteiger partial charge in [-0.2, -0.15) is 0 Å². The van der Waals surface area contributed by atoms with Gasteiger partial charge in [0.05, 0.1) is 34.4 Å². The lowest BCUT2D eigenvalue weighted by Crippen LogP contribution is -2.50. The predicted octanol–water partition coefficient (Wildman–Crippen LogP) is 10.6. The Hall–Kier alpha value is -1.67. The van der Waals surface area contributed by atoms with Gasteiger partial charge in [0.2, 0.25) is 0 Å². The Bertz CT molecular complexity index is 782. The molecule has 8 nitrogen and oxygen atoms in total. The molecule has 0 spiro atoms. The first-order valence-corrected chi connectivity index (χ1v) is 20.6. The maximum absolute atomic E-state index is 12.6. The van der Waals surface area contributed by atoms with Crippen LogP contribution in [0.4, 0.5) is 0 Å². The number of nitrogens with zero attached hydrogens (tertiary/aromatic N) is 1. The van der Waals surface area contributed by atoms with Crippen LogP contribution in [0.25, 0.3) is 0 Å². The first-order valence-electron chi connectivity index (χ1n) is 20.6. The quantitative estimate of drug-likeness (QED) is 0.0392. The minimum absolute atomic E-state index is 0.0426. The number of esters is 2. The number of hydrogen-bond donors (Lipinski definition) is 1. The zero-order chi connectivity index (χ0) is 36.4. The number of carboxylic acids is 1. The molecule has 0 saturated heterocycles. The summed E-state index contributed by atoms with van der Waals surface area (Å²) in [7, 11) is 5.53. The highest BCUT2D eigenvalue weighted by atomic mass is 16.6. The second-order valence-corrected chi connectivity index (χ2v) is 15.3. The van der Waals surface area contributed by atoms with Gasteiger partial charge in [-0.25, -0.2) is 4.79 Å². The van der Waals surface area contributed by atoms with Crippen LogP contribution in [-0.2, 0) is 28.6 Å². The number of aliphatic carboxylic acids is 1. The zero-order valence-corrected chi connectivity index (χ0v) is 32.9. The van der Waals surface area contributed by atoms with E-state index in [1.807, 2.05) is 21.1 Å². The number of ether oxygens (including phenoxy) is 3. The van der Waals surface area contributed by atoms with Crippen molar-refractivity contribution in [2.75, 3.05) is 41.0 Å². The molecule has 1 N–H and O–H groups in total. The van der Waals surface area contributed by atoms with E-state index in [0.29, 0.717) is 19.3 Å². The number of carbonyl (C=O) groups excluding carboxylic acids is 2. The highest BCUT2D eigenvalue weighted by Gasteiger charge is 2.31. The molecule has 0 aliphatic rings. The van der Waals surface area contributed by atoms with Crippen LogP contribution in [-0.4, -0.2) is 80.6 Å². The molecule has 0 aromatic heterocycles. The third kappa shape index (κ3) is 32.0. The highest BCUT2D eigenvalue weighted by molar-refractivity contribution is 5.72. The molecule has 290 valence electrons. The van der Waals surface area contributed by atoms with Crippen molar-refractivity contribution in [2.24, 2.45) is 0 Å². The van der Waals surface area contributed by atoms with Gasteiger partial charge in [-0.05, 0) is 12.8 Å². The Morgan fingerprint density at radius 2 is 0.898 bits per heavy atom. The molecule has 0 amide bonds. The Kier molecular flexibility index (Phi) is 32.3. The van der Waals surface area contributed by atoms with Crippen molar-refractivity contribution in [3.63, 3.8) is 0 Å². The van der Waals surface area contributed by atoms with E-state index in [4.69, 9.17) is 14.2 Å². The lowest BCUT2D eigenvalue weighted by molar-refractivity contribution is -0.887. The van der Waals surface area contributed by atoms with Crippen molar-refractivity contribution < 1.29 is 38.2 Å². The number of quaternary nitrogens is 1. The van der Waals surface area contributed by atoms with Gasteiger partial charge in [-0.3, -0.25) is 9.59 Å². The molecule has 0 radical (unpaired) electrons. The van der Waals surface area contributed by atoms with Gasteiger partial charge < -0.3 is 23.8 Å². The van der Waals surface area contributed by atoms with Gasteiger partial charge in [0.25, 0.3) is 0 Å². The van der Waals surface area contributed by atoms with Crippen molar-refractivity contribution >= 4 is 17.9 Å². The maximum Gasteiger partial charge on any atom is 0.362 e. The van der Waals surface area contributed by atoms with Crippen LogP contribution >= 0.6 is 0 Å². The maximum atomic E-state index is 12.6. The number of likely N-dealkylation sites (N-methyl/N-ethyl adjacent to an activating group) is 1. The van der Waals surface area contributed by atoms with Crippen LogP contribution in [0.2, 0.25) is 0 Å². The molecule has 0 aromatic rings. The van der Waals surface area contributed by atoms with Gasteiger partial charge in [0, 0.05) is 19.3 Å². The monoisotopic (exact) mass is 699 g/mol. The lowest BCUT2D eigenvalue weighted by atomic mass is 10.0. The van der Waals surface area contributed by atoms with Gasteiger partial charge in [-0.15, -0.1) is 0 Å². The number of carboxylic acid groups (broad SMARTS) is 1. The van der Waals surface area contributed by atoms with Crippen LogP contribution in [0.3, 0.4) is 0 Å². The van der Waals surface area contributed by atoms with E-state index in [-0.39, 0.29) is 36.2 Å². The van der Waals surface area contributed by atoms with E-state index in [2.05, 4.69) is 13.8 Å². The molecular formula is C41H80NO7+. The summed E-state index contributed by atoms with van der Waals surface area (Å²) in [5.41, 5.74) is 0. The minimum atomic E-state index is -0.872. The first kappa shape index (κ1) is 47.3. The fourth-order valence-electron chi connectivity index (χ4n) is 6.27. The topological polar surface area (TPSA) is 99.1 Å². The van der Waals surface area contributed by atoms with E-state index in [9.17, 15) is 19.5 Å². The fraction of sp³-hybridized carbons (Fsp3) is 0.927. The van der Waals surface area contributed by atoms with Crippen LogP contribution in [0, 0.1) is 0 Å². The third-order valence-electron chi connectivity index (χ3n) is 9.51. The normalized spacial score (nSPS) is 12.9. The molecule has 0 bridgehead atoms. The molecular weight excluding hydrogens is 618 g/mol. The molecule has 2 atom stereocenters. The summed E-state index contributed by atoms with van der Waals surface area (Å²) in [6, 6.07) is -0.606. The summed E-state index contributed by atoms with van der Waals surface area (Å²) in [5, 5.41) is 9.58. The largest absolute Gasteiger partial charge is 0.477 e. The summed E-state index contributed by atoms with van der Waals surface area (Å²) in [4.78, 5) is 36.8. The number of unbranched alkanes of at least 4 members (excludes halogenated alkanes) is 23. The lowest BCUT2D eigenvalue weighted by Gasteiger charge is -2.31. The van der Waals surface area contributed by atoms with Crippen LogP contribution in [0.15, 0.2) is 0 Å². The second kappa shape index (κ2) is 33.5. The van der Waals surface area contributed by atoms with Gasteiger partial charge >= 0.3 is 17.9 Å². The fourth-order valence-corrected chi connectivity index (χ4v) is 6.27. The molecule has 0 aliphatic heterocycles. The number of rotatable bonds is 37. The molecule has 0 aliphatic carbocycles. The second-order valence-electron chi connectivity index (χ2n) is 15.3. The average molecular weight is 699 g/mol.